The first-order chi connectivity index (χ1) is 13.2. The van der Waals surface area contributed by atoms with E-state index >= 15 is 0 Å². The molecular formula is C22H26N4O. The van der Waals surface area contributed by atoms with Gasteiger partial charge in [-0.3, -0.25) is 0 Å². The number of aryl methyl sites for hydroxylation is 1. The lowest BCUT2D eigenvalue weighted by atomic mass is 10.1. The molecule has 1 N–H and O–H groups in total. The van der Waals surface area contributed by atoms with Crippen molar-refractivity contribution in [2.45, 2.75) is 20.3 Å². The van der Waals surface area contributed by atoms with E-state index < -0.39 is 0 Å². The molecule has 0 atom stereocenters. The molecule has 0 spiro atoms. The summed E-state index contributed by atoms with van der Waals surface area (Å²) in [5.41, 5.74) is 3.26. The Balaban J connectivity index is 1.71. The molecule has 0 bridgehead atoms. The second-order valence-electron chi connectivity index (χ2n) is 6.30. The first-order valence-corrected chi connectivity index (χ1v) is 9.24. The Hall–Kier alpha value is -3.08. The molecule has 27 heavy (non-hydrogen) atoms. The van der Waals surface area contributed by atoms with Gasteiger partial charge < -0.3 is 15.0 Å². The van der Waals surface area contributed by atoms with E-state index in [-0.39, 0.29) is 0 Å². The summed E-state index contributed by atoms with van der Waals surface area (Å²) in [6.45, 7) is 5.70. The molecule has 1 aromatic heterocycles. The number of benzene rings is 2. The standard InChI is InChI=1S/C22H26N4O/c1-4-26(19-10-6-5-7-11-19)22-24-17(2)15-21(25-22)23-14-13-18-9-8-12-20(16-18)27-3/h5-12,15-16H,4,13-14H2,1-3H3,(H,23,24,25). The lowest BCUT2D eigenvalue weighted by Gasteiger charge is -2.22. The minimum Gasteiger partial charge on any atom is -0.497 e. The summed E-state index contributed by atoms with van der Waals surface area (Å²) in [6.07, 6.45) is 0.895. The van der Waals surface area contributed by atoms with Crippen LogP contribution in [0, 0.1) is 6.92 Å². The number of methoxy groups -OCH3 is 1. The zero-order valence-corrected chi connectivity index (χ0v) is 16.1. The van der Waals surface area contributed by atoms with Crippen LogP contribution in [0.4, 0.5) is 17.5 Å². The molecule has 5 nitrogen and oxygen atoms in total. The second kappa shape index (κ2) is 9.03. The van der Waals surface area contributed by atoms with Crippen LogP contribution in [0.25, 0.3) is 0 Å². The third kappa shape index (κ3) is 4.97. The molecule has 0 saturated carbocycles. The number of nitrogens with zero attached hydrogens (tertiary/aromatic N) is 3. The Morgan fingerprint density at radius 2 is 1.81 bits per heavy atom. The van der Waals surface area contributed by atoms with Crippen molar-refractivity contribution in [3.05, 3.63) is 71.9 Å². The SMILES string of the molecule is CCN(c1ccccc1)c1nc(C)cc(NCCc2cccc(OC)c2)n1. The first-order valence-electron chi connectivity index (χ1n) is 9.24. The summed E-state index contributed by atoms with van der Waals surface area (Å²) in [5, 5.41) is 3.42. The molecule has 5 heteroatoms. The summed E-state index contributed by atoms with van der Waals surface area (Å²) in [6, 6.07) is 20.3. The molecule has 3 aromatic rings. The maximum Gasteiger partial charge on any atom is 0.232 e. The fourth-order valence-electron chi connectivity index (χ4n) is 2.97. The van der Waals surface area contributed by atoms with E-state index in [0.29, 0.717) is 5.95 Å². The molecule has 0 aliphatic rings. The fourth-order valence-corrected chi connectivity index (χ4v) is 2.97. The van der Waals surface area contributed by atoms with Crippen molar-refractivity contribution in [1.82, 2.24) is 9.97 Å². The van der Waals surface area contributed by atoms with Gasteiger partial charge in [0, 0.05) is 30.5 Å². The molecule has 0 saturated heterocycles. The summed E-state index contributed by atoms with van der Waals surface area (Å²) in [7, 11) is 1.69. The quantitative estimate of drug-likeness (QED) is 0.634. The van der Waals surface area contributed by atoms with Crippen molar-refractivity contribution in [1.29, 1.82) is 0 Å². The van der Waals surface area contributed by atoms with E-state index in [1.165, 1.54) is 5.56 Å². The molecule has 0 amide bonds. The minimum atomic E-state index is 0.715. The van der Waals surface area contributed by atoms with Crippen molar-refractivity contribution >= 4 is 17.5 Å². The number of para-hydroxylation sites is 1. The molecule has 0 radical (unpaired) electrons. The van der Waals surface area contributed by atoms with Gasteiger partial charge in [0.25, 0.3) is 0 Å². The van der Waals surface area contributed by atoms with Gasteiger partial charge in [-0.1, -0.05) is 30.3 Å². The Morgan fingerprint density at radius 3 is 2.56 bits per heavy atom. The zero-order chi connectivity index (χ0) is 19.1. The van der Waals surface area contributed by atoms with Crippen LogP contribution in [0.15, 0.2) is 60.7 Å². The van der Waals surface area contributed by atoms with E-state index in [1.807, 2.05) is 43.3 Å². The maximum atomic E-state index is 5.29. The number of rotatable bonds is 8. The van der Waals surface area contributed by atoms with Crippen LogP contribution in [0.1, 0.15) is 18.2 Å². The van der Waals surface area contributed by atoms with Gasteiger partial charge in [-0.25, -0.2) is 4.98 Å². The van der Waals surface area contributed by atoms with E-state index in [9.17, 15) is 0 Å². The fraction of sp³-hybridized carbons (Fsp3) is 0.273. The smallest absolute Gasteiger partial charge is 0.232 e. The van der Waals surface area contributed by atoms with Gasteiger partial charge in [0.15, 0.2) is 0 Å². The highest BCUT2D eigenvalue weighted by molar-refractivity contribution is 5.58. The highest BCUT2D eigenvalue weighted by Gasteiger charge is 2.11. The summed E-state index contributed by atoms with van der Waals surface area (Å²) in [5.74, 6) is 2.44. The van der Waals surface area contributed by atoms with Gasteiger partial charge in [0.05, 0.1) is 7.11 Å². The molecule has 0 aliphatic heterocycles. The summed E-state index contributed by atoms with van der Waals surface area (Å²) < 4.78 is 5.29. The summed E-state index contributed by atoms with van der Waals surface area (Å²) in [4.78, 5) is 11.5. The number of nitrogens with one attached hydrogen (secondary N) is 1. The lowest BCUT2D eigenvalue weighted by Crippen LogP contribution is -2.20. The van der Waals surface area contributed by atoms with Gasteiger partial charge in [-0.2, -0.15) is 4.98 Å². The van der Waals surface area contributed by atoms with E-state index in [0.717, 1.165) is 42.5 Å². The van der Waals surface area contributed by atoms with Crippen LogP contribution in [0.2, 0.25) is 0 Å². The zero-order valence-electron chi connectivity index (χ0n) is 16.1. The second-order valence-corrected chi connectivity index (χ2v) is 6.30. The average Bonchev–Trinajstić information content (AvgIpc) is 2.69. The normalized spacial score (nSPS) is 10.5. The molecule has 0 unspecified atom stereocenters. The van der Waals surface area contributed by atoms with Gasteiger partial charge in [-0.15, -0.1) is 0 Å². The predicted molar refractivity (Wildman–Crippen MR) is 111 cm³/mol. The molecule has 140 valence electrons. The number of hydrogen-bond acceptors (Lipinski definition) is 5. The van der Waals surface area contributed by atoms with Crippen molar-refractivity contribution in [2.24, 2.45) is 0 Å². The van der Waals surface area contributed by atoms with E-state index in [2.05, 4.69) is 46.4 Å². The molecule has 3 rings (SSSR count). The Kier molecular flexibility index (Phi) is 6.26. The van der Waals surface area contributed by atoms with Gasteiger partial charge in [0.2, 0.25) is 5.95 Å². The van der Waals surface area contributed by atoms with Crippen LogP contribution >= 0.6 is 0 Å². The largest absolute Gasteiger partial charge is 0.497 e. The van der Waals surface area contributed by atoms with Gasteiger partial charge >= 0.3 is 0 Å². The summed E-state index contributed by atoms with van der Waals surface area (Å²) >= 11 is 0. The van der Waals surface area contributed by atoms with Crippen LogP contribution < -0.4 is 15.0 Å². The molecular weight excluding hydrogens is 336 g/mol. The topological polar surface area (TPSA) is 50.3 Å². The Labute approximate surface area is 161 Å². The highest BCUT2D eigenvalue weighted by Crippen LogP contribution is 2.23. The Morgan fingerprint density at radius 1 is 1.00 bits per heavy atom. The van der Waals surface area contributed by atoms with Crippen LogP contribution in [0.3, 0.4) is 0 Å². The molecule has 0 aliphatic carbocycles. The lowest BCUT2D eigenvalue weighted by molar-refractivity contribution is 0.414. The van der Waals surface area contributed by atoms with E-state index in [1.54, 1.807) is 7.11 Å². The van der Waals surface area contributed by atoms with Crippen molar-refractivity contribution < 1.29 is 4.74 Å². The maximum absolute atomic E-state index is 5.29. The average molecular weight is 362 g/mol. The van der Waals surface area contributed by atoms with Crippen molar-refractivity contribution in [3.63, 3.8) is 0 Å². The van der Waals surface area contributed by atoms with Gasteiger partial charge in [-0.05, 0) is 50.1 Å². The number of anilines is 3. The molecule has 2 aromatic carbocycles. The number of ether oxygens (including phenoxy) is 1. The van der Waals surface area contributed by atoms with Crippen molar-refractivity contribution in [3.8, 4) is 5.75 Å². The first kappa shape index (κ1) is 18.7. The van der Waals surface area contributed by atoms with E-state index in [4.69, 9.17) is 9.72 Å². The predicted octanol–water partition coefficient (Wildman–Crippen LogP) is 4.61. The number of hydrogen-bond donors (Lipinski definition) is 1. The van der Waals surface area contributed by atoms with Crippen LogP contribution in [-0.4, -0.2) is 30.2 Å². The highest BCUT2D eigenvalue weighted by atomic mass is 16.5. The van der Waals surface area contributed by atoms with Gasteiger partial charge in [0.1, 0.15) is 11.6 Å². The minimum absolute atomic E-state index is 0.715. The monoisotopic (exact) mass is 362 g/mol. The third-order valence-electron chi connectivity index (χ3n) is 4.32. The van der Waals surface area contributed by atoms with Crippen LogP contribution in [0.5, 0.6) is 5.75 Å². The number of aromatic nitrogens is 2. The third-order valence-corrected chi connectivity index (χ3v) is 4.32. The van der Waals surface area contributed by atoms with Crippen molar-refractivity contribution in [2.75, 3.05) is 30.4 Å². The Bertz CT molecular complexity index is 867. The molecule has 0 fully saturated rings. The van der Waals surface area contributed by atoms with Crippen LogP contribution in [-0.2, 0) is 6.42 Å². The molecule has 1 heterocycles.